The van der Waals surface area contributed by atoms with Crippen LogP contribution in [0.15, 0.2) is 18.2 Å². The Hall–Kier alpha value is -1.38. The first-order chi connectivity index (χ1) is 9.74. The Morgan fingerprint density at radius 3 is 2.76 bits per heavy atom. The number of carboxylic acid groups (broad SMARTS) is 1. The molecule has 1 saturated heterocycles. The number of nitro groups is 1. The third-order valence-corrected chi connectivity index (χ3v) is 4.62. The summed E-state index contributed by atoms with van der Waals surface area (Å²) in [5.74, 6) is -0.937. The van der Waals surface area contributed by atoms with Gasteiger partial charge in [0.25, 0.3) is 5.69 Å². The molecule has 21 heavy (non-hydrogen) atoms. The largest absolute Gasteiger partial charge is 0.480 e. The van der Waals surface area contributed by atoms with Crippen molar-refractivity contribution < 1.29 is 14.8 Å². The van der Waals surface area contributed by atoms with E-state index in [2.05, 4.69) is 0 Å². The van der Waals surface area contributed by atoms with E-state index < -0.39 is 22.3 Å². The third-order valence-electron chi connectivity index (χ3n) is 3.95. The Morgan fingerprint density at radius 1 is 1.52 bits per heavy atom. The van der Waals surface area contributed by atoms with E-state index in [1.54, 1.807) is 17.0 Å². The minimum atomic E-state index is -0.937. The molecule has 0 bridgehead atoms. The number of aliphatic carboxylic acids is 1. The zero-order valence-corrected chi connectivity index (χ0v) is 14.0. The average molecular weight is 404 g/mol. The van der Waals surface area contributed by atoms with Crippen LogP contribution in [0.25, 0.3) is 0 Å². The number of rotatable bonds is 3. The first-order valence-corrected chi connectivity index (χ1v) is 7.75. The smallest absolute Gasteiger partial charge is 0.326 e. The Morgan fingerprint density at radius 2 is 2.19 bits per heavy atom. The quantitative estimate of drug-likeness (QED) is 0.475. The van der Waals surface area contributed by atoms with Gasteiger partial charge in [-0.3, -0.25) is 10.1 Å². The normalized spacial score (nSPS) is 21.1. The summed E-state index contributed by atoms with van der Waals surface area (Å²) in [5, 5.41) is 20.9. The number of nitro benzene ring substituents is 1. The van der Waals surface area contributed by atoms with Crippen LogP contribution in [0.4, 0.5) is 11.4 Å². The second-order valence-corrected chi connectivity index (χ2v) is 7.16. The van der Waals surface area contributed by atoms with Crippen molar-refractivity contribution in [2.75, 3.05) is 11.4 Å². The van der Waals surface area contributed by atoms with Gasteiger partial charge in [0.2, 0.25) is 0 Å². The number of benzene rings is 1. The molecule has 0 saturated carbocycles. The van der Waals surface area contributed by atoms with E-state index in [0.717, 1.165) is 16.4 Å². The summed E-state index contributed by atoms with van der Waals surface area (Å²) in [6.07, 6.45) is 1.61. The molecule has 114 valence electrons. The predicted molar refractivity (Wildman–Crippen MR) is 87.6 cm³/mol. The predicted octanol–water partition coefficient (Wildman–Crippen LogP) is 3.28. The fraction of sp³-hybridized carbons (Fsp3) is 0.500. The maximum Gasteiger partial charge on any atom is 0.326 e. The topological polar surface area (TPSA) is 83.7 Å². The van der Waals surface area contributed by atoms with Crippen molar-refractivity contribution in [1.82, 2.24) is 0 Å². The fourth-order valence-corrected chi connectivity index (χ4v) is 3.48. The second kappa shape index (κ2) is 5.78. The van der Waals surface area contributed by atoms with Crippen LogP contribution in [-0.4, -0.2) is 28.6 Å². The molecular formula is C14H17IN2O4. The molecule has 1 fully saturated rings. The Balaban J connectivity index is 2.53. The van der Waals surface area contributed by atoms with E-state index in [-0.39, 0.29) is 5.69 Å². The molecule has 2 rings (SSSR count). The molecule has 0 spiro atoms. The van der Waals surface area contributed by atoms with Gasteiger partial charge >= 0.3 is 5.97 Å². The van der Waals surface area contributed by atoms with Crippen LogP contribution in [0.2, 0.25) is 0 Å². The summed E-state index contributed by atoms with van der Waals surface area (Å²) >= 11 is 2.01. The van der Waals surface area contributed by atoms with Crippen LogP contribution in [-0.2, 0) is 4.79 Å². The van der Waals surface area contributed by atoms with Crippen molar-refractivity contribution in [3.63, 3.8) is 0 Å². The summed E-state index contributed by atoms with van der Waals surface area (Å²) in [6.45, 7) is 4.31. The Labute approximate surface area is 136 Å². The van der Waals surface area contributed by atoms with Gasteiger partial charge in [-0.2, -0.15) is 0 Å². The lowest BCUT2D eigenvalue weighted by Gasteiger charge is -2.44. The molecule has 0 aromatic heterocycles. The number of hydrogen-bond donors (Lipinski definition) is 1. The number of carbonyl (C=O) groups is 1. The van der Waals surface area contributed by atoms with Crippen molar-refractivity contribution in [1.29, 1.82) is 0 Å². The van der Waals surface area contributed by atoms with Gasteiger partial charge in [0, 0.05) is 16.2 Å². The highest BCUT2D eigenvalue weighted by molar-refractivity contribution is 14.1. The minimum Gasteiger partial charge on any atom is -0.480 e. The van der Waals surface area contributed by atoms with Gasteiger partial charge < -0.3 is 10.0 Å². The fourth-order valence-electron chi connectivity index (χ4n) is 3.01. The summed E-state index contributed by atoms with van der Waals surface area (Å²) < 4.78 is 0.756. The van der Waals surface area contributed by atoms with Gasteiger partial charge in [-0.25, -0.2) is 4.79 Å². The van der Waals surface area contributed by atoms with Crippen LogP contribution in [0.5, 0.6) is 0 Å². The highest BCUT2D eigenvalue weighted by Gasteiger charge is 2.44. The van der Waals surface area contributed by atoms with Crippen LogP contribution in [0.1, 0.15) is 26.7 Å². The van der Waals surface area contributed by atoms with Gasteiger partial charge in [0.1, 0.15) is 11.7 Å². The Kier molecular flexibility index (Phi) is 4.40. The van der Waals surface area contributed by atoms with E-state index in [1.807, 2.05) is 36.4 Å². The number of halogens is 1. The molecule has 1 aromatic carbocycles. The van der Waals surface area contributed by atoms with E-state index in [4.69, 9.17) is 0 Å². The number of carboxylic acids is 1. The number of piperidine rings is 1. The lowest BCUT2D eigenvalue weighted by Crippen LogP contribution is -2.54. The lowest BCUT2D eigenvalue weighted by atomic mass is 9.76. The lowest BCUT2D eigenvalue weighted by molar-refractivity contribution is -0.384. The molecule has 0 amide bonds. The standard InChI is InChI=1S/C14H17IN2O4/c1-14(2)6-3-7-16(12(14)13(18)19)10-5-4-9(15)8-11(10)17(20)21/h4-5,8,12H,3,6-7H2,1-2H3,(H,18,19). The van der Waals surface area contributed by atoms with Crippen molar-refractivity contribution in [2.24, 2.45) is 5.41 Å². The average Bonchev–Trinajstić information content (AvgIpc) is 2.36. The number of hydrogen-bond acceptors (Lipinski definition) is 4. The van der Waals surface area contributed by atoms with Gasteiger partial charge in [0.05, 0.1) is 4.92 Å². The van der Waals surface area contributed by atoms with Gasteiger partial charge in [-0.15, -0.1) is 0 Å². The molecule has 1 N–H and O–H groups in total. The first kappa shape index (κ1) is 16.0. The zero-order chi connectivity index (χ0) is 15.8. The van der Waals surface area contributed by atoms with Gasteiger partial charge in [-0.1, -0.05) is 13.8 Å². The highest BCUT2D eigenvalue weighted by Crippen LogP contribution is 2.41. The van der Waals surface area contributed by atoms with Crippen LogP contribution in [0, 0.1) is 19.1 Å². The van der Waals surface area contributed by atoms with Crippen molar-refractivity contribution in [2.45, 2.75) is 32.7 Å². The van der Waals surface area contributed by atoms with Crippen LogP contribution < -0.4 is 4.90 Å². The summed E-state index contributed by atoms with van der Waals surface area (Å²) in [4.78, 5) is 24.2. The van der Waals surface area contributed by atoms with Crippen molar-refractivity contribution >= 4 is 39.9 Å². The molecule has 0 aliphatic carbocycles. The molecule has 1 atom stereocenters. The molecule has 0 radical (unpaired) electrons. The zero-order valence-electron chi connectivity index (χ0n) is 11.9. The van der Waals surface area contributed by atoms with E-state index in [1.165, 1.54) is 6.07 Å². The maximum atomic E-state index is 11.7. The van der Waals surface area contributed by atoms with Gasteiger partial charge in [-0.05, 0) is 53.0 Å². The van der Waals surface area contributed by atoms with E-state index >= 15 is 0 Å². The van der Waals surface area contributed by atoms with Crippen molar-refractivity contribution in [3.05, 3.63) is 31.9 Å². The summed E-state index contributed by atoms with van der Waals surface area (Å²) in [6, 6.07) is 4.14. The SMILES string of the molecule is CC1(C)CCCN(c2ccc(I)cc2[N+](=O)[O-])C1C(=O)O. The highest BCUT2D eigenvalue weighted by atomic mass is 127. The second-order valence-electron chi connectivity index (χ2n) is 5.92. The van der Waals surface area contributed by atoms with E-state index in [9.17, 15) is 20.0 Å². The molecular weight excluding hydrogens is 387 g/mol. The molecule has 1 unspecified atom stereocenters. The summed E-state index contributed by atoms with van der Waals surface area (Å²) in [5.41, 5.74) is -0.0764. The van der Waals surface area contributed by atoms with Crippen molar-refractivity contribution in [3.8, 4) is 0 Å². The number of nitrogens with zero attached hydrogens (tertiary/aromatic N) is 2. The molecule has 1 heterocycles. The molecule has 1 aromatic rings. The van der Waals surface area contributed by atoms with Crippen LogP contribution in [0.3, 0.4) is 0 Å². The maximum absolute atomic E-state index is 11.7. The Bertz CT molecular complexity index is 588. The third kappa shape index (κ3) is 3.12. The summed E-state index contributed by atoms with van der Waals surface area (Å²) in [7, 11) is 0. The molecule has 1 aliphatic heterocycles. The molecule has 1 aliphatic rings. The van der Waals surface area contributed by atoms with Gasteiger partial charge in [0.15, 0.2) is 0 Å². The monoisotopic (exact) mass is 404 g/mol. The van der Waals surface area contributed by atoms with E-state index in [0.29, 0.717) is 12.2 Å². The molecule has 7 heteroatoms. The van der Waals surface area contributed by atoms with Crippen LogP contribution >= 0.6 is 22.6 Å². The first-order valence-electron chi connectivity index (χ1n) is 6.67. The minimum absolute atomic E-state index is 0.0362. The number of anilines is 1. The molecule has 6 nitrogen and oxygen atoms in total.